The van der Waals surface area contributed by atoms with Gasteiger partial charge in [-0.25, -0.2) is 9.78 Å². The fourth-order valence-electron chi connectivity index (χ4n) is 3.29. The number of cyclic esters (lactones) is 1. The zero-order valence-electron chi connectivity index (χ0n) is 13.0. The first-order valence-electron chi connectivity index (χ1n) is 8.01. The second-order valence-electron chi connectivity index (χ2n) is 5.91. The number of ether oxygens (including phenoxy) is 1. The number of pyridine rings is 1. The van der Waals surface area contributed by atoms with E-state index in [1.54, 1.807) is 0 Å². The molecular formula is C18H17BN2O2. The Kier molecular flexibility index (Phi) is 3.41. The van der Waals surface area contributed by atoms with Gasteiger partial charge in [0.25, 0.3) is 0 Å². The average Bonchev–Trinajstić information content (AvgIpc) is 3.12. The number of hydrogen-bond acceptors (Lipinski definition) is 3. The highest BCUT2D eigenvalue weighted by Gasteiger charge is 2.31. The quantitative estimate of drug-likeness (QED) is 0.550. The topological polar surface area (TPSA) is 43.6 Å². The molecule has 114 valence electrons. The summed E-state index contributed by atoms with van der Waals surface area (Å²) in [4.78, 5) is 16.6. The van der Waals surface area contributed by atoms with Crippen molar-refractivity contribution in [3.05, 3.63) is 71.2 Å². The van der Waals surface area contributed by atoms with Crippen LogP contribution in [0.1, 0.15) is 33.3 Å². The maximum Gasteiger partial charge on any atom is 0.339 e. The summed E-state index contributed by atoms with van der Waals surface area (Å²) in [6.07, 6.45) is 5.42. The molecule has 0 amide bonds. The molecule has 1 aromatic carbocycles. The first-order valence-corrected chi connectivity index (χ1v) is 8.01. The van der Waals surface area contributed by atoms with Crippen LogP contribution in [0.25, 0.3) is 5.65 Å². The number of fused-ring (bicyclic) bond motifs is 2. The number of rotatable bonds is 4. The molecule has 0 fully saturated rings. The van der Waals surface area contributed by atoms with Gasteiger partial charge in [0, 0.05) is 30.1 Å². The van der Waals surface area contributed by atoms with Gasteiger partial charge >= 0.3 is 5.97 Å². The predicted octanol–water partition coefficient (Wildman–Crippen LogP) is 2.77. The predicted molar refractivity (Wildman–Crippen MR) is 90.2 cm³/mol. The Bertz CT molecular complexity index is 888. The van der Waals surface area contributed by atoms with Crippen LogP contribution in [0, 0.1) is 0 Å². The Labute approximate surface area is 135 Å². The number of aromatic nitrogens is 2. The van der Waals surface area contributed by atoms with Crippen LogP contribution >= 0.6 is 0 Å². The monoisotopic (exact) mass is 304 g/mol. The lowest BCUT2D eigenvalue weighted by atomic mass is 9.77. The van der Waals surface area contributed by atoms with Gasteiger partial charge in [0.2, 0.25) is 0 Å². The molecule has 5 heteroatoms. The summed E-state index contributed by atoms with van der Waals surface area (Å²) >= 11 is 0. The highest BCUT2D eigenvalue weighted by Crippen LogP contribution is 2.33. The molecule has 0 saturated carbocycles. The van der Waals surface area contributed by atoms with E-state index in [9.17, 15) is 4.79 Å². The van der Waals surface area contributed by atoms with Crippen molar-refractivity contribution < 1.29 is 9.53 Å². The first-order chi connectivity index (χ1) is 11.3. The van der Waals surface area contributed by atoms with Crippen molar-refractivity contribution in [1.29, 1.82) is 0 Å². The van der Waals surface area contributed by atoms with Crippen LogP contribution in [-0.2, 0) is 17.5 Å². The van der Waals surface area contributed by atoms with Gasteiger partial charge in [-0.2, -0.15) is 0 Å². The normalized spacial score (nSPS) is 16.4. The third-order valence-corrected chi connectivity index (χ3v) is 4.38. The van der Waals surface area contributed by atoms with Gasteiger partial charge < -0.3 is 9.14 Å². The van der Waals surface area contributed by atoms with E-state index < -0.39 is 0 Å². The Hall–Kier alpha value is -2.56. The van der Waals surface area contributed by atoms with Gasteiger partial charge in [-0.15, -0.1) is 0 Å². The first kappa shape index (κ1) is 14.1. The Morgan fingerprint density at radius 1 is 1.26 bits per heavy atom. The van der Waals surface area contributed by atoms with Crippen LogP contribution in [0.4, 0.5) is 0 Å². The third kappa shape index (κ3) is 2.33. The standard InChI is InChI=1S/C18H17BN2O2/c1-19-10-13-11-20-17-12(5-4-8-21(13)17)9-16-14-6-2-3-7-15(14)18(22)23-16/h2-8,11,16,19H,9-10H2,1H3. The lowest BCUT2D eigenvalue weighted by Crippen LogP contribution is -2.05. The molecule has 0 spiro atoms. The fraction of sp³-hybridized carbons (Fsp3) is 0.222. The van der Waals surface area contributed by atoms with E-state index in [-0.39, 0.29) is 12.1 Å². The number of hydrogen-bond donors (Lipinski definition) is 0. The van der Waals surface area contributed by atoms with Crippen molar-refractivity contribution in [3.63, 3.8) is 0 Å². The molecule has 1 unspecified atom stereocenters. The van der Waals surface area contributed by atoms with Gasteiger partial charge in [0.15, 0.2) is 0 Å². The number of carbonyl (C=O) groups excluding carboxylic acids is 1. The molecule has 0 bridgehead atoms. The summed E-state index contributed by atoms with van der Waals surface area (Å²) in [6.45, 7) is 2.16. The minimum Gasteiger partial charge on any atom is -0.454 e. The fourth-order valence-corrected chi connectivity index (χ4v) is 3.29. The van der Waals surface area contributed by atoms with Crippen LogP contribution in [-0.4, -0.2) is 22.6 Å². The highest BCUT2D eigenvalue weighted by atomic mass is 16.5. The molecule has 3 aromatic rings. The maximum atomic E-state index is 12.0. The van der Waals surface area contributed by atoms with Crippen LogP contribution < -0.4 is 0 Å². The molecular weight excluding hydrogens is 287 g/mol. The van der Waals surface area contributed by atoms with E-state index in [4.69, 9.17) is 4.74 Å². The van der Waals surface area contributed by atoms with E-state index >= 15 is 0 Å². The summed E-state index contributed by atoms with van der Waals surface area (Å²) in [5.41, 5.74) is 4.92. The molecule has 23 heavy (non-hydrogen) atoms. The maximum absolute atomic E-state index is 12.0. The van der Waals surface area contributed by atoms with Gasteiger partial charge in [-0.05, 0) is 24.0 Å². The molecule has 3 heterocycles. The van der Waals surface area contributed by atoms with Crippen LogP contribution in [0.15, 0.2) is 48.8 Å². The second-order valence-corrected chi connectivity index (χ2v) is 5.91. The number of carbonyl (C=O) groups is 1. The molecule has 1 aliphatic rings. The molecule has 1 aliphatic heterocycles. The van der Waals surface area contributed by atoms with Crippen molar-refractivity contribution in [3.8, 4) is 0 Å². The van der Waals surface area contributed by atoms with Crippen molar-refractivity contribution in [2.75, 3.05) is 0 Å². The average molecular weight is 304 g/mol. The Morgan fingerprint density at radius 3 is 3.00 bits per heavy atom. The summed E-state index contributed by atoms with van der Waals surface area (Å²) in [7, 11) is 1.09. The smallest absolute Gasteiger partial charge is 0.339 e. The summed E-state index contributed by atoms with van der Waals surface area (Å²) in [5.74, 6) is -0.229. The van der Waals surface area contributed by atoms with E-state index in [1.165, 1.54) is 5.69 Å². The molecule has 0 saturated heterocycles. The molecule has 0 radical (unpaired) electrons. The molecule has 4 rings (SSSR count). The SMILES string of the molecule is CBCc1cnc2c(CC3OC(=O)c4ccccc43)cccn12. The van der Waals surface area contributed by atoms with E-state index in [0.29, 0.717) is 12.0 Å². The van der Waals surface area contributed by atoms with Gasteiger partial charge in [0.05, 0.1) is 5.56 Å². The zero-order chi connectivity index (χ0) is 15.8. The van der Waals surface area contributed by atoms with Crippen LogP contribution in [0.2, 0.25) is 6.82 Å². The van der Waals surface area contributed by atoms with Gasteiger partial charge in [-0.3, -0.25) is 0 Å². The molecule has 0 N–H and O–H groups in total. The molecule has 0 aliphatic carbocycles. The van der Waals surface area contributed by atoms with Crippen molar-refractivity contribution >= 4 is 18.9 Å². The lowest BCUT2D eigenvalue weighted by molar-refractivity contribution is 0.0387. The number of esters is 1. The summed E-state index contributed by atoms with van der Waals surface area (Å²) < 4.78 is 7.70. The van der Waals surface area contributed by atoms with Crippen molar-refractivity contribution in [2.24, 2.45) is 0 Å². The van der Waals surface area contributed by atoms with Crippen LogP contribution in [0.3, 0.4) is 0 Å². The number of nitrogens with zero attached hydrogens (tertiary/aromatic N) is 2. The minimum absolute atomic E-state index is 0.226. The minimum atomic E-state index is -0.229. The summed E-state index contributed by atoms with van der Waals surface area (Å²) in [6, 6.07) is 11.7. The second kappa shape index (κ2) is 5.58. The van der Waals surface area contributed by atoms with Gasteiger partial charge in [0.1, 0.15) is 19.0 Å². The lowest BCUT2D eigenvalue weighted by Gasteiger charge is -2.12. The largest absolute Gasteiger partial charge is 0.454 e. The van der Waals surface area contributed by atoms with E-state index in [1.807, 2.05) is 42.7 Å². The molecule has 1 atom stereocenters. The molecule has 2 aromatic heterocycles. The number of benzene rings is 1. The van der Waals surface area contributed by atoms with Crippen LogP contribution in [0.5, 0.6) is 0 Å². The van der Waals surface area contributed by atoms with E-state index in [2.05, 4.69) is 22.3 Å². The Morgan fingerprint density at radius 2 is 2.13 bits per heavy atom. The van der Waals surface area contributed by atoms with Crippen molar-refractivity contribution in [2.45, 2.75) is 25.7 Å². The third-order valence-electron chi connectivity index (χ3n) is 4.38. The van der Waals surface area contributed by atoms with E-state index in [0.717, 1.165) is 30.4 Å². The molecule has 4 nitrogen and oxygen atoms in total. The zero-order valence-corrected chi connectivity index (χ0v) is 13.0. The highest BCUT2D eigenvalue weighted by molar-refractivity contribution is 6.32. The van der Waals surface area contributed by atoms with Gasteiger partial charge in [-0.1, -0.05) is 31.1 Å². The van der Waals surface area contributed by atoms with Crippen molar-refractivity contribution in [1.82, 2.24) is 9.38 Å². The number of imidazole rings is 1. The Balaban J connectivity index is 1.70. The summed E-state index contributed by atoms with van der Waals surface area (Å²) in [5, 5.41) is 0.